The van der Waals surface area contributed by atoms with Crippen molar-refractivity contribution in [3.63, 3.8) is 0 Å². The molecule has 0 bridgehead atoms. The first-order valence-electron chi connectivity index (χ1n) is 4.76. The normalized spacial score (nSPS) is 10.2. The van der Waals surface area contributed by atoms with Gasteiger partial charge >= 0.3 is 11.9 Å². The quantitative estimate of drug-likeness (QED) is 0.634. The Kier molecular flexibility index (Phi) is 4.28. The molecule has 0 aromatic heterocycles. The Hall–Kier alpha value is -2.30. The molecule has 1 rings (SSSR count). The van der Waals surface area contributed by atoms with Crippen LogP contribution in [0.2, 0.25) is 0 Å². The summed E-state index contributed by atoms with van der Waals surface area (Å²) in [5, 5.41) is 8.50. The van der Waals surface area contributed by atoms with Crippen molar-refractivity contribution in [3.05, 3.63) is 35.4 Å². The second-order valence-electron chi connectivity index (χ2n) is 3.12. The highest BCUT2D eigenvalue weighted by Gasteiger charge is 2.12. The minimum Gasteiger partial charge on any atom is -0.496 e. The van der Waals surface area contributed by atoms with E-state index in [2.05, 4.69) is 4.74 Å². The molecule has 0 aliphatic rings. The molecule has 90 valence electrons. The highest BCUT2D eigenvalue weighted by atomic mass is 16.5. The van der Waals surface area contributed by atoms with Crippen molar-refractivity contribution >= 4 is 18.0 Å². The third-order valence-electron chi connectivity index (χ3n) is 2.05. The summed E-state index contributed by atoms with van der Waals surface area (Å²) in [6, 6.07) is 4.72. The molecule has 17 heavy (non-hydrogen) atoms. The summed E-state index contributed by atoms with van der Waals surface area (Å²) in [7, 11) is 2.70. The number of rotatable bonds is 4. The van der Waals surface area contributed by atoms with Crippen LogP contribution in [-0.4, -0.2) is 31.3 Å². The number of aliphatic carboxylic acids is 1. The predicted octanol–water partition coefficient (Wildman–Crippen LogP) is 1.58. The molecule has 5 nitrogen and oxygen atoms in total. The van der Waals surface area contributed by atoms with E-state index < -0.39 is 11.9 Å². The standard InChI is InChI=1S/C12H12O5/c1-16-10-5-3-8(4-6-11(13)14)7-9(10)12(15)17-2/h3-7H,1-2H3,(H,13,14)/b6-4+. The Morgan fingerprint density at radius 2 is 2.00 bits per heavy atom. The smallest absolute Gasteiger partial charge is 0.341 e. The number of methoxy groups -OCH3 is 2. The summed E-state index contributed by atoms with van der Waals surface area (Å²) in [6.45, 7) is 0. The summed E-state index contributed by atoms with van der Waals surface area (Å²) >= 11 is 0. The fourth-order valence-corrected chi connectivity index (χ4v) is 1.27. The zero-order valence-electron chi connectivity index (χ0n) is 9.47. The van der Waals surface area contributed by atoms with Gasteiger partial charge in [0.1, 0.15) is 11.3 Å². The molecule has 0 saturated heterocycles. The summed E-state index contributed by atoms with van der Waals surface area (Å²) in [5.41, 5.74) is 0.830. The molecular weight excluding hydrogens is 224 g/mol. The van der Waals surface area contributed by atoms with Crippen LogP contribution in [0.3, 0.4) is 0 Å². The van der Waals surface area contributed by atoms with Gasteiger partial charge in [-0.05, 0) is 23.8 Å². The number of ether oxygens (including phenoxy) is 2. The Balaban J connectivity index is 3.13. The first-order valence-corrected chi connectivity index (χ1v) is 4.76. The summed E-state index contributed by atoms with van der Waals surface area (Å²) in [5.74, 6) is -1.21. The van der Waals surface area contributed by atoms with Gasteiger partial charge in [0, 0.05) is 6.08 Å². The molecule has 1 N–H and O–H groups in total. The SMILES string of the molecule is COC(=O)c1cc(/C=C/C(=O)O)ccc1OC. The monoisotopic (exact) mass is 236 g/mol. The molecule has 0 heterocycles. The number of benzene rings is 1. The molecule has 0 aliphatic heterocycles. The van der Waals surface area contributed by atoms with Gasteiger partial charge in [-0.25, -0.2) is 9.59 Å². The van der Waals surface area contributed by atoms with Crippen LogP contribution in [0, 0.1) is 0 Å². The molecule has 1 aromatic carbocycles. The van der Waals surface area contributed by atoms with Crippen molar-refractivity contribution < 1.29 is 24.2 Å². The molecular formula is C12H12O5. The molecule has 0 fully saturated rings. The molecule has 0 spiro atoms. The van der Waals surface area contributed by atoms with Gasteiger partial charge in [-0.1, -0.05) is 6.07 Å². The number of esters is 1. The van der Waals surface area contributed by atoms with Crippen LogP contribution >= 0.6 is 0 Å². The van der Waals surface area contributed by atoms with Crippen LogP contribution < -0.4 is 4.74 Å². The van der Waals surface area contributed by atoms with E-state index >= 15 is 0 Å². The van der Waals surface area contributed by atoms with E-state index in [4.69, 9.17) is 9.84 Å². The number of carboxylic acids is 1. The van der Waals surface area contributed by atoms with E-state index in [9.17, 15) is 9.59 Å². The van der Waals surface area contributed by atoms with Crippen LogP contribution in [0.5, 0.6) is 5.75 Å². The lowest BCUT2D eigenvalue weighted by Gasteiger charge is -2.07. The Morgan fingerprint density at radius 3 is 2.53 bits per heavy atom. The van der Waals surface area contributed by atoms with Gasteiger partial charge in [-0.3, -0.25) is 0 Å². The summed E-state index contributed by atoms with van der Waals surface area (Å²) < 4.78 is 9.61. The highest BCUT2D eigenvalue weighted by Crippen LogP contribution is 2.21. The lowest BCUT2D eigenvalue weighted by molar-refractivity contribution is -0.131. The van der Waals surface area contributed by atoms with Crippen LogP contribution in [0.1, 0.15) is 15.9 Å². The number of carboxylic acid groups (broad SMARTS) is 1. The van der Waals surface area contributed by atoms with Crippen LogP contribution in [-0.2, 0) is 9.53 Å². The third-order valence-corrected chi connectivity index (χ3v) is 2.05. The fourth-order valence-electron chi connectivity index (χ4n) is 1.27. The summed E-state index contributed by atoms with van der Waals surface area (Å²) in [6.07, 6.45) is 2.37. The maximum Gasteiger partial charge on any atom is 0.341 e. The van der Waals surface area contributed by atoms with Gasteiger partial charge in [0.15, 0.2) is 0 Å². The maximum atomic E-state index is 11.4. The molecule has 0 amide bonds. The first kappa shape index (κ1) is 12.8. The van der Waals surface area contributed by atoms with Crippen molar-refractivity contribution in [2.24, 2.45) is 0 Å². The van der Waals surface area contributed by atoms with E-state index in [1.807, 2.05) is 0 Å². The summed E-state index contributed by atoms with van der Waals surface area (Å²) in [4.78, 5) is 21.8. The van der Waals surface area contributed by atoms with Crippen LogP contribution in [0.25, 0.3) is 6.08 Å². The van der Waals surface area contributed by atoms with Crippen LogP contribution in [0.15, 0.2) is 24.3 Å². The Bertz CT molecular complexity index is 462. The van der Waals surface area contributed by atoms with Gasteiger partial charge in [-0.15, -0.1) is 0 Å². The Morgan fingerprint density at radius 1 is 1.29 bits per heavy atom. The van der Waals surface area contributed by atoms with E-state index in [1.165, 1.54) is 26.4 Å². The fraction of sp³-hybridized carbons (Fsp3) is 0.167. The van der Waals surface area contributed by atoms with Gasteiger partial charge in [0.25, 0.3) is 0 Å². The minimum atomic E-state index is -1.06. The van der Waals surface area contributed by atoms with Crippen LogP contribution in [0.4, 0.5) is 0 Å². The predicted molar refractivity (Wildman–Crippen MR) is 61.0 cm³/mol. The molecule has 0 unspecified atom stereocenters. The minimum absolute atomic E-state index is 0.252. The molecule has 0 saturated carbocycles. The zero-order chi connectivity index (χ0) is 12.8. The van der Waals surface area contributed by atoms with Crippen molar-refractivity contribution in [1.82, 2.24) is 0 Å². The van der Waals surface area contributed by atoms with Gasteiger partial charge < -0.3 is 14.6 Å². The second kappa shape index (κ2) is 5.69. The second-order valence-corrected chi connectivity index (χ2v) is 3.12. The number of hydrogen-bond donors (Lipinski definition) is 1. The van der Waals surface area contributed by atoms with E-state index in [0.29, 0.717) is 11.3 Å². The number of carbonyl (C=O) groups is 2. The van der Waals surface area contributed by atoms with Crippen molar-refractivity contribution in [2.75, 3.05) is 14.2 Å². The van der Waals surface area contributed by atoms with Crippen molar-refractivity contribution in [2.45, 2.75) is 0 Å². The highest BCUT2D eigenvalue weighted by molar-refractivity contribution is 5.93. The maximum absolute atomic E-state index is 11.4. The lowest BCUT2D eigenvalue weighted by Crippen LogP contribution is -2.04. The van der Waals surface area contributed by atoms with Gasteiger partial charge in [0.2, 0.25) is 0 Å². The average Bonchev–Trinajstić information content (AvgIpc) is 2.34. The molecule has 1 aromatic rings. The van der Waals surface area contributed by atoms with E-state index in [1.54, 1.807) is 12.1 Å². The van der Waals surface area contributed by atoms with Gasteiger partial charge in [0.05, 0.1) is 14.2 Å². The van der Waals surface area contributed by atoms with Gasteiger partial charge in [-0.2, -0.15) is 0 Å². The van der Waals surface area contributed by atoms with Crippen molar-refractivity contribution in [1.29, 1.82) is 0 Å². The third kappa shape index (κ3) is 3.34. The zero-order valence-corrected chi connectivity index (χ0v) is 9.47. The van der Waals surface area contributed by atoms with Crippen molar-refractivity contribution in [3.8, 4) is 5.75 Å². The Labute approximate surface area is 98.3 Å². The lowest BCUT2D eigenvalue weighted by atomic mass is 10.1. The number of carbonyl (C=O) groups excluding carboxylic acids is 1. The van der Waals surface area contributed by atoms with E-state index in [0.717, 1.165) is 6.08 Å². The molecule has 0 atom stereocenters. The molecule has 5 heteroatoms. The largest absolute Gasteiger partial charge is 0.496 e. The molecule has 0 aliphatic carbocycles. The molecule has 0 radical (unpaired) electrons. The first-order chi connectivity index (χ1) is 8.08. The number of hydrogen-bond acceptors (Lipinski definition) is 4. The topological polar surface area (TPSA) is 72.8 Å². The van der Waals surface area contributed by atoms with E-state index in [-0.39, 0.29) is 5.56 Å². The average molecular weight is 236 g/mol.